The largest absolute Gasteiger partial charge is 0.390 e. The lowest BCUT2D eigenvalue weighted by molar-refractivity contribution is -0.132. The Bertz CT molecular complexity index is 447. The predicted octanol–water partition coefficient (Wildman–Crippen LogP) is 2.41. The molecule has 0 amide bonds. The first-order valence-corrected chi connectivity index (χ1v) is 6.40. The molecule has 0 aromatic carbocycles. The van der Waals surface area contributed by atoms with Gasteiger partial charge in [0.05, 0.1) is 6.42 Å². The van der Waals surface area contributed by atoms with Crippen molar-refractivity contribution in [1.29, 1.82) is 0 Å². The minimum atomic E-state index is -4.18. The number of rotatable bonds is 6. The van der Waals surface area contributed by atoms with Gasteiger partial charge in [0.15, 0.2) is 0 Å². The molecule has 0 unspecified atom stereocenters. The highest BCUT2D eigenvalue weighted by molar-refractivity contribution is 5.57. The minimum Gasteiger partial charge on any atom is -0.359 e. The van der Waals surface area contributed by atoms with Crippen LogP contribution in [0.15, 0.2) is 0 Å². The van der Waals surface area contributed by atoms with E-state index in [4.69, 9.17) is 5.84 Å². The van der Waals surface area contributed by atoms with Gasteiger partial charge in [-0.25, -0.2) is 15.8 Å². The van der Waals surface area contributed by atoms with Crippen LogP contribution in [0.4, 0.5) is 24.8 Å². The second kappa shape index (κ2) is 6.74. The van der Waals surface area contributed by atoms with Crippen molar-refractivity contribution in [2.24, 2.45) is 5.84 Å². The molecule has 0 atom stereocenters. The number of nitrogens with zero attached hydrogens (tertiary/aromatic N) is 3. The van der Waals surface area contributed by atoms with E-state index in [-0.39, 0.29) is 6.54 Å². The molecule has 0 aliphatic heterocycles. The highest BCUT2D eigenvalue weighted by Crippen LogP contribution is 2.25. The molecule has 0 bridgehead atoms. The van der Waals surface area contributed by atoms with E-state index in [1.165, 1.54) is 4.90 Å². The van der Waals surface area contributed by atoms with Crippen molar-refractivity contribution < 1.29 is 13.2 Å². The summed E-state index contributed by atoms with van der Waals surface area (Å²) in [4.78, 5) is 10.0. The zero-order valence-corrected chi connectivity index (χ0v) is 11.9. The van der Waals surface area contributed by atoms with E-state index >= 15 is 0 Å². The van der Waals surface area contributed by atoms with E-state index in [0.29, 0.717) is 29.4 Å². The number of anilines is 2. The molecule has 0 radical (unpaired) electrons. The number of nitrogens with one attached hydrogen (secondary N) is 1. The Morgan fingerprint density at radius 3 is 2.45 bits per heavy atom. The molecular weight excluding hydrogens is 271 g/mol. The average molecular weight is 291 g/mol. The van der Waals surface area contributed by atoms with Crippen molar-refractivity contribution in [3.05, 3.63) is 11.4 Å². The van der Waals surface area contributed by atoms with Gasteiger partial charge in [-0.3, -0.25) is 0 Å². The van der Waals surface area contributed by atoms with Crippen molar-refractivity contribution in [3.8, 4) is 0 Å². The van der Waals surface area contributed by atoms with Crippen LogP contribution >= 0.6 is 0 Å². The van der Waals surface area contributed by atoms with Gasteiger partial charge in [0.2, 0.25) is 0 Å². The maximum atomic E-state index is 12.3. The molecule has 0 saturated carbocycles. The summed E-state index contributed by atoms with van der Waals surface area (Å²) < 4.78 is 36.9. The van der Waals surface area contributed by atoms with Gasteiger partial charge in [0.1, 0.15) is 17.5 Å². The molecule has 1 heterocycles. The fourth-order valence-corrected chi connectivity index (χ4v) is 1.80. The number of aromatic nitrogens is 2. The molecule has 8 heteroatoms. The second-order valence-corrected chi connectivity index (χ2v) is 4.62. The first kappa shape index (κ1) is 16.5. The van der Waals surface area contributed by atoms with Crippen LogP contribution in [-0.2, 0) is 6.42 Å². The molecule has 3 N–H and O–H groups in total. The SMILES string of the molecule is CCCc1nc(NN)c(C)c(N(C)CCC(F)(F)F)n1. The molecule has 20 heavy (non-hydrogen) atoms. The summed E-state index contributed by atoms with van der Waals surface area (Å²) in [7, 11) is 1.58. The number of nitrogen functional groups attached to an aromatic ring is 1. The molecule has 1 aromatic heterocycles. The van der Waals surface area contributed by atoms with Gasteiger partial charge in [-0.1, -0.05) is 6.92 Å². The Labute approximate surface area is 116 Å². The summed E-state index contributed by atoms with van der Waals surface area (Å²) >= 11 is 0. The lowest BCUT2D eigenvalue weighted by atomic mass is 10.2. The summed E-state index contributed by atoms with van der Waals surface area (Å²) in [5.41, 5.74) is 3.10. The summed E-state index contributed by atoms with van der Waals surface area (Å²) in [5, 5.41) is 0. The minimum absolute atomic E-state index is 0.156. The second-order valence-electron chi connectivity index (χ2n) is 4.62. The Kier molecular flexibility index (Phi) is 5.55. The molecule has 0 aliphatic rings. The quantitative estimate of drug-likeness (QED) is 0.622. The molecule has 1 aromatic rings. The van der Waals surface area contributed by atoms with Crippen LogP contribution in [0.1, 0.15) is 31.2 Å². The van der Waals surface area contributed by atoms with Crippen molar-refractivity contribution in [2.75, 3.05) is 23.9 Å². The van der Waals surface area contributed by atoms with Crippen LogP contribution < -0.4 is 16.2 Å². The topological polar surface area (TPSA) is 67.1 Å². The first-order chi connectivity index (χ1) is 9.28. The molecule has 0 spiro atoms. The monoisotopic (exact) mass is 291 g/mol. The van der Waals surface area contributed by atoms with Crippen LogP contribution in [0, 0.1) is 6.92 Å². The summed E-state index contributed by atoms with van der Waals surface area (Å²) in [6, 6.07) is 0. The summed E-state index contributed by atoms with van der Waals surface area (Å²) in [6.07, 6.45) is -3.58. The summed E-state index contributed by atoms with van der Waals surface area (Å²) in [5.74, 6) is 6.87. The zero-order chi connectivity index (χ0) is 15.3. The lowest BCUT2D eigenvalue weighted by Crippen LogP contribution is -2.27. The fourth-order valence-electron chi connectivity index (χ4n) is 1.80. The smallest absolute Gasteiger partial charge is 0.359 e. The van der Waals surface area contributed by atoms with Crippen LogP contribution in [0.25, 0.3) is 0 Å². The van der Waals surface area contributed by atoms with Crippen LogP contribution in [0.5, 0.6) is 0 Å². The standard InChI is InChI=1S/C12H20F3N5/c1-4-5-9-17-10(19-16)8(2)11(18-9)20(3)7-6-12(13,14)15/h4-7,16H2,1-3H3,(H,17,18,19). The van der Waals surface area contributed by atoms with Crippen molar-refractivity contribution in [2.45, 2.75) is 39.3 Å². The van der Waals surface area contributed by atoms with Gasteiger partial charge >= 0.3 is 6.18 Å². The zero-order valence-electron chi connectivity index (χ0n) is 11.9. The number of alkyl halides is 3. The summed E-state index contributed by atoms with van der Waals surface area (Å²) in [6.45, 7) is 3.55. The van der Waals surface area contributed by atoms with Gasteiger partial charge in [0, 0.05) is 25.6 Å². The van der Waals surface area contributed by atoms with E-state index in [0.717, 1.165) is 6.42 Å². The lowest BCUT2D eigenvalue weighted by Gasteiger charge is -2.22. The predicted molar refractivity (Wildman–Crippen MR) is 72.5 cm³/mol. The van der Waals surface area contributed by atoms with Crippen LogP contribution in [0.3, 0.4) is 0 Å². The maximum Gasteiger partial charge on any atom is 0.390 e. The highest BCUT2D eigenvalue weighted by atomic mass is 19.4. The maximum absolute atomic E-state index is 12.3. The van der Waals surface area contributed by atoms with E-state index < -0.39 is 12.6 Å². The van der Waals surface area contributed by atoms with Crippen molar-refractivity contribution in [1.82, 2.24) is 9.97 Å². The molecule has 114 valence electrons. The van der Waals surface area contributed by atoms with Crippen LogP contribution in [0.2, 0.25) is 0 Å². The normalized spacial score (nSPS) is 11.6. The van der Waals surface area contributed by atoms with E-state index in [1.807, 2.05) is 6.92 Å². The highest BCUT2D eigenvalue weighted by Gasteiger charge is 2.28. The molecular formula is C12H20F3N5. The average Bonchev–Trinajstić information content (AvgIpc) is 2.37. The molecule has 1 rings (SSSR count). The molecule has 0 fully saturated rings. The van der Waals surface area contributed by atoms with Gasteiger partial charge in [-0.15, -0.1) is 0 Å². The number of halogens is 3. The van der Waals surface area contributed by atoms with E-state index in [1.54, 1.807) is 14.0 Å². The Hall–Kier alpha value is -1.57. The van der Waals surface area contributed by atoms with Gasteiger partial charge < -0.3 is 10.3 Å². The third-order valence-corrected chi connectivity index (χ3v) is 2.87. The third kappa shape index (κ3) is 4.52. The van der Waals surface area contributed by atoms with Crippen LogP contribution in [-0.4, -0.2) is 29.7 Å². The number of aryl methyl sites for hydroxylation is 1. The molecule has 0 aliphatic carbocycles. The van der Waals surface area contributed by atoms with Gasteiger partial charge in [0.25, 0.3) is 0 Å². The third-order valence-electron chi connectivity index (χ3n) is 2.87. The fraction of sp³-hybridized carbons (Fsp3) is 0.667. The number of nitrogens with two attached hydrogens (primary N) is 1. The van der Waals surface area contributed by atoms with Gasteiger partial charge in [-0.05, 0) is 13.3 Å². The van der Waals surface area contributed by atoms with E-state index in [9.17, 15) is 13.2 Å². The van der Waals surface area contributed by atoms with Crippen molar-refractivity contribution >= 4 is 11.6 Å². The Balaban J connectivity index is 2.99. The molecule has 0 saturated heterocycles. The van der Waals surface area contributed by atoms with Gasteiger partial charge in [-0.2, -0.15) is 13.2 Å². The van der Waals surface area contributed by atoms with E-state index in [2.05, 4.69) is 15.4 Å². The number of hydrogen-bond acceptors (Lipinski definition) is 5. The Morgan fingerprint density at radius 2 is 1.95 bits per heavy atom. The molecule has 5 nitrogen and oxygen atoms in total. The first-order valence-electron chi connectivity index (χ1n) is 6.40. The number of hydrogen-bond donors (Lipinski definition) is 2. The number of hydrazine groups is 1. The van der Waals surface area contributed by atoms with Crippen molar-refractivity contribution in [3.63, 3.8) is 0 Å². The Morgan fingerprint density at radius 1 is 1.30 bits per heavy atom.